The molecule has 3 rings (SSSR count). The van der Waals surface area contributed by atoms with E-state index in [2.05, 4.69) is 19.9 Å². The molecule has 3 N–H and O–H groups in total. The topological polar surface area (TPSA) is 80.5 Å². The highest BCUT2D eigenvalue weighted by atomic mass is 35.5. The maximum Gasteiger partial charge on any atom is 0.142 e. The number of H-pyrrole nitrogens is 1. The van der Waals surface area contributed by atoms with Crippen molar-refractivity contribution < 1.29 is 0 Å². The second kappa shape index (κ2) is 5.81. The molecule has 0 spiro atoms. The van der Waals surface area contributed by atoms with E-state index in [0.29, 0.717) is 27.4 Å². The van der Waals surface area contributed by atoms with Gasteiger partial charge in [0.2, 0.25) is 0 Å². The fourth-order valence-corrected chi connectivity index (χ4v) is 2.49. The summed E-state index contributed by atoms with van der Waals surface area (Å²) >= 11 is 12.2. The molecular weight excluding hydrogens is 309 g/mol. The average molecular weight is 320 g/mol. The second-order valence-electron chi connectivity index (χ2n) is 4.31. The minimum absolute atomic E-state index is 0.247. The molecule has 0 radical (unpaired) electrons. The summed E-state index contributed by atoms with van der Waals surface area (Å²) in [7, 11) is 0. The normalized spacial score (nSPS) is 10.8. The molecule has 0 bridgehead atoms. The molecule has 2 aromatic heterocycles. The van der Waals surface area contributed by atoms with Crippen molar-refractivity contribution >= 4 is 23.2 Å². The SMILES string of the molecule is NCc1ncc(-c2ncc[nH]2)c(-c2ccc(Cl)cc2Cl)n1. The van der Waals surface area contributed by atoms with Crippen LogP contribution in [0.1, 0.15) is 5.82 Å². The lowest BCUT2D eigenvalue weighted by Gasteiger charge is -2.10. The van der Waals surface area contributed by atoms with Crippen LogP contribution < -0.4 is 5.73 Å². The van der Waals surface area contributed by atoms with Gasteiger partial charge in [0.05, 0.1) is 22.8 Å². The highest BCUT2D eigenvalue weighted by Gasteiger charge is 2.15. The molecule has 106 valence electrons. The molecule has 0 amide bonds. The van der Waals surface area contributed by atoms with E-state index < -0.39 is 0 Å². The Kier molecular flexibility index (Phi) is 3.88. The van der Waals surface area contributed by atoms with Crippen LogP contribution in [0.2, 0.25) is 10.0 Å². The Balaban J connectivity index is 2.23. The summed E-state index contributed by atoms with van der Waals surface area (Å²) in [5.41, 5.74) is 7.80. The molecule has 7 heteroatoms. The van der Waals surface area contributed by atoms with Crippen LogP contribution in [0.25, 0.3) is 22.6 Å². The van der Waals surface area contributed by atoms with Crippen LogP contribution in [0.3, 0.4) is 0 Å². The Hall–Kier alpha value is -1.95. The van der Waals surface area contributed by atoms with Crippen molar-refractivity contribution in [3.05, 3.63) is 52.7 Å². The van der Waals surface area contributed by atoms with Crippen LogP contribution in [0.5, 0.6) is 0 Å². The molecule has 0 atom stereocenters. The van der Waals surface area contributed by atoms with Crippen molar-refractivity contribution in [1.29, 1.82) is 0 Å². The van der Waals surface area contributed by atoms with Gasteiger partial charge in [0.15, 0.2) is 0 Å². The number of imidazole rings is 1. The van der Waals surface area contributed by atoms with Crippen molar-refractivity contribution in [3.8, 4) is 22.6 Å². The molecule has 0 unspecified atom stereocenters. The minimum Gasteiger partial charge on any atom is -0.345 e. The third-order valence-electron chi connectivity index (χ3n) is 2.96. The average Bonchev–Trinajstić information content (AvgIpc) is 3.01. The number of hydrogen-bond donors (Lipinski definition) is 2. The first kappa shape index (κ1) is 14.0. The Labute approximate surface area is 131 Å². The molecule has 5 nitrogen and oxygen atoms in total. The molecule has 1 aromatic carbocycles. The molecule has 0 saturated carbocycles. The van der Waals surface area contributed by atoms with E-state index in [4.69, 9.17) is 28.9 Å². The van der Waals surface area contributed by atoms with Gasteiger partial charge in [-0.05, 0) is 18.2 Å². The lowest BCUT2D eigenvalue weighted by atomic mass is 10.1. The number of aromatic amines is 1. The van der Waals surface area contributed by atoms with Gasteiger partial charge in [-0.2, -0.15) is 0 Å². The van der Waals surface area contributed by atoms with E-state index in [1.165, 1.54) is 0 Å². The second-order valence-corrected chi connectivity index (χ2v) is 5.16. The van der Waals surface area contributed by atoms with Crippen molar-refractivity contribution in [1.82, 2.24) is 19.9 Å². The summed E-state index contributed by atoms with van der Waals surface area (Å²) in [6.45, 7) is 0.247. The number of nitrogens with one attached hydrogen (secondary N) is 1. The lowest BCUT2D eigenvalue weighted by molar-refractivity contribution is 0.912. The highest BCUT2D eigenvalue weighted by molar-refractivity contribution is 6.36. The number of nitrogens with zero attached hydrogens (tertiary/aromatic N) is 3. The van der Waals surface area contributed by atoms with E-state index in [9.17, 15) is 0 Å². The van der Waals surface area contributed by atoms with Gasteiger partial charge in [0.1, 0.15) is 11.6 Å². The zero-order valence-electron chi connectivity index (χ0n) is 10.8. The summed E-state index contributed by atoms with van der Waals surface area (Å²) in [5, 5.41) is 1.08. The molecule has 0 aliphatic heterocycles. The molecule has 0 saturated heterocycles. The maximum atomic E-state index is 6.29. The van der Waals surface area contributed by atoms with E-state index in [1.807, 2.05) is 6.07 Å². The Morgan fingerprint density at radius 3 is 2.67 bits per heavy atom. The van der Waals surface area contributed by atoms with Crippen molar-refractivity contribution in [2.24, 2.45) is 5.73 Å². The quantitative estimate of drug-likeness (QED) is 0.776. The van der Waals surface area contributed by atoms with Crippen LogP contribution in [0.4, 0.5) is 0 Å². The monoisotopic (exact) mass is 319 g/mol. The largest absolute Gasteiger partial charge is 0.345 e. The molecule has 0 aliphatic carbocycles. The molecule has 21 heavy (non-hydrogen) atoms. The third kappa shape index (κ3) is 2.76. The van der Waals surface area contributed by atoms with Gasteiger partial charge in [-0.3, -0.25) is 0 Å². The fraction of sp³-hybridized carbons (Fsp3) is 0.0714. The number of benzene rings is 1. The molecular formula is C14H11Cl2N5. The molecule has 3 aromatic rings. The van der Waals surface area contributed by atoms with Crippen molar-refractivity contribution in [3.63, 3.8) is 0 Å². The first-order chi connectivity index (χ1) is 10.2. The van der Waals surface area contributed by atoms with Gasteiger partial charge in [0, 0.05) is 29.2 Å². The van der Waals surface area contributed by atoms with Gasteiger partial charge in [-0.25, -0.2) is 15.0 Å². The minimum atomic E-state index is 0.247. The molecule has 0 aliphatic rings. The van der Waals surface area contributed by atoms with E-state index >= 15 is 0 Å². The lowest BCUT2D eigenvalue weighted by Crippen LogP contribution is -2.05. The zero-order chi connectivity index (χ0) is 14.8. The highest BCUT2D eigenvalue weighted by Crippen LogP contribution is 2.34. The smallest absolute Gasteiger partial charge is 0.142 e. The summed E-state index contributed by atoms with van der Waals surface area (Å²) < 4.78 is 0. The summed E-state index contributed by atoms with van der Waals surface area (Å²) in [4.78, 5) is 16.0. The number of halogens is 2. The Morgan fingerprint density at radius 2 is 2.00 bits per heavy atom. The van der Waals surface area contributed by atoms with Crippen LogP contribution in [0, 0.1) is 0 Å². The number of rotatable bonds is 3. The number of aromatic nitrogens is 4. The number of nitrogens with two attached hydrogens (primary N) is 1. The zero-order valence-corrected chi connectivity index (χ0v) is 12.4. The van der Waals surface area contributed by atoms with Gasteiger partial charge in [-0.15, -0.1) is 0 Å². The van der Waals surface area contributed by atoms with Crippen molar-refractivity contribution in [2.45, 2.75) is 6.54 Å². The van der Waals surface area contributed by atoms with Crippen LogP contribution in [0.15, 0.2) is 36.8 Å². The standard InChI is InChI=1S/C14H11Cl2N5/c15-8-1-2-9(11(16)5-8)13-10(14-18-3-4-19-14)7-20-12(6-17)21-13/h1-5,7H,6,17H2,(H,18,19). The van der Waals surface area contributed by atoms with E-state index in [-0.39, 0.29) is 6.54 Å². The predicted octanol–water partition coefficient (Wildman–Crippen LogP) is 3.30. The first-order valence-electron chi connectivity index (χ1n) is 6.20. The summed E-state index contributed by atoms with van der Waals surface area (Å²) in [5.74, 6) is 1.20. The van der Waals surface area contributed by atoms with Crippen LogP contribution in [-0.4, -0.2) is 19.9 Å². The molecule has 0 fully saturated rings. The number of hydrogen-bond acceptors (Lipinski definition) is 4. The Bertz CT molecular complexity index is 771. The van der Waals surface area contributed by atoms with Gasteiger partial charge < -0.3 is 10.7 Å². The van der Waals surface area contributed by atoms with Gasteiger partial charge >= 0.3 is 0 Å². The summed E-state index contributed by atoms with van der Waals surface area (Å²) in [6.07, 6.45) is 5.09. The predicted molar refractivity (Wildman–Crippen MR) is 83.0 cm³/mol. The maximum absolute atomic E-state index is 6.29. The summed E-state index contributed by atoms with van der Waals surface area (Å²) in [6, 6.07) is 5.26. The van der Waals surface area contributed by atoms with E-state index in [1.54, 1.807) is 30.7 Å². The first-order valence-corrected chi connectivity index (χ1v) is 6.96. The fourth-order valence-electron chi connectivity index (χ4n) is 1.99. The van der Waals surface area contributed by atoms with Crippen molar-refractivity contribution in [2.75, 3.05) is 0 Å². The van der Waals surface area contributed by atoms with E-state index in [0.717, 1.165) is 11.1 Å². The molecule has 2 heterocycles. The third-order valence-corrected chi connectivity index (χ3v) is 3.51. The van der Waals surface area contributed by atoms with Gasteiger partial charge in [0.25, 0.3) is 0 Å². The van der Waals surface area contributed by atoms with Gasteiger partial charge in [-0.1, -0.05) is 23.2 Å². The van der Waals surface area contributed by atoms with Crippen LogP contribution in [-0.2, 0) is 6.54 Å². The van der Waals surface area contributed by atoms with Crippen LogP contribution >= 0.6 is 23.2 Å². The Morgan fingerprint density at radius 1 is 1.14 bits per heavy atom.